The highest BCUT2D eigenvalue weighted by Gasteiger charge is 2.05. The first-order valence-electron chi connectivity index (χ1n) is 4.31. The molecule has 0 radical (unpaired) electrons. The predicted octanol–water partition coefficient (Wildman–Crippen LogP) is 2.45. The molecule has 0 aliphatic carbocycles. The zero-order valence-electron chi connectivity index (χ0n) is 8.38. The van der Waals surface area contributed by atoms with Gasteiger partial charge in [-0.25, -0.2) is 0 Å². The second kappa shape index (κ2) is 13.3. The molecule has 1 heterocycles. The van der Waals surface area contributed by atoms with Crippen LogP contribution in [-0.2, 0) is 4.79 Å². The minimum atomic E-state index is 0.204. The van der Waals surface area contributed by atoms with E-state index in [0.29, 0.717) is 0 Å². The van der Waals surface area contributed by atoms with Gasteiger partial charge in [-0.3, -0.25) is 4.79 Å². The second-order valence-corrected chi connectivity index (χ2v) is 2.21. The Morgan fingerprint density at radius 1 is 1.46 bits per heavy atom. The van der Waals surface area contributed by atoms with Crippen molar-refractivity contribution >= 4 is 5.91 Å². The Bertz CT molecular complexity index is 153. The van der Waals surface area contributed by atoms with Crippen LogP contribution in [0.3, 0.4) is 0 Å². The molecule has 2 heteroatoms. The number of carbonyl (C=O) groups excluding carboxylic acids is 1. The largest absolute Gasteiger partial charge is 0.356 e. The Labute approximate surface area is 81.0 Å². The number of nitrogens with one attached hydrogen (secondary N) is 1. The van der Waals surface area contributed by atoms with Gasteiger partial charge in [-0.2, -0.15) is 0 Å². The van der Waals surface area contributed by atoms with Gasteiger partial charge in [0.2, 0.25) is 5.91 Å². The third-order valence-corrected chi connectivity index (χ3v) is 1.23. The molecule has 1 N–H and O–H groups in total. The number of carbonyl (C=O) groups is 1. The molecule has 1 fully saturated rings. The normalized spacial score (nSPS) is 13.5. The molecule has 0 atom stereocenters. The lowest BCUT2D eigenvalue weighted by atomic mass is 10.4. The SMILES string of the molecule is C=C.C=C/C=C\C.O=C1CCCN1. The lowest BCUT2D eigenvalue weighted by molar-refractivity contribution is -0.119. The summed E-state index contributed by atoms with van der Waals surface area (Å²) in [6.07, 6.45) is 7.34. The zero-order valence-corrected chi connectivity index (χ0v) is 8.38. The molecule has 0 bridgehead atoms. The molecular formula is C11H19NO. The van der Waals surface area contributed by atoms with Crippen LogP contribution in [0.25, 0.3) is 0 Å². The Balaban J connectivity index is 0. The average molecular weight is 181 g/mol. The van der Waals surface area contributed by atoms with E-state index in [9.17, 15) is 4.79 Å². The highest BCUT2D eigenvalue weighted by atomic mass is 16.1. The van der Waals surface area contributed by atoms with Gasteiger partial charge in [0.1, 0.15) is 0 Å². The standard InChI is InChI=1S/C5H8.C4H7NO.C2H4/c1-3-5-4-2;6-4-2-1-3-5-4;1-2/h3-5H,1H2,2H3;1-3H2,(H,5,6);1-2H2/b5-4-;;. The number of amides is 1. The van der Waals surface area contributed by atoms with Crippen molar-refractivity contribution in [2.75, 3.05) is 6.54 Å². The lowest BCUT2D eigenvalue weighted by Crippen LogP contribution is -2.12. The molecule has 1 rings (SSSR count). The maximum atomic E-state index is 10.1. The third-order valence-electron chi connectivity index (χ3n) is 1.23. The fraction of sp³-hybridized carbons (Fsp3) is 0.364. The molecule has 1 aliphatic rings. The minimum Gasteiger partial charge on any atom is -0.356 e. The summed E-state index contributed by atoms with van der Waals surface area (Å²) >= 11 is 0. The van der Waals surface area contributed by atoms with E-state index in [1.54, 1.807) is 6.08 Å². The molecule has 1 aliphatic heterocycles. The average Bonchev–Trinajstić information content (AvgIpc) is 2.62. The number of allylic oxidation sites excluding steroid dienone is 3. The van der Waals surface area contributed by atoms with Gasteiger partial charge < -0.3 is 5.32 Å². The summed E-state index contributed by atoms with van der Waals surface area (Å²) in [6.45, 7) is 12.3. The fourth-order valence-electron chi connectivity index (χ4n) is 0.701. The minimum absolute atomic E-state index is 0.204. The monoisotopic (exact) mass is 181 g/mol. The molecule has 1 amide bonds. The number of hydrogen-bond donors (Lipinski definition) is 1. The topological polar surface area (TPSA) is 29.1 Å². The van der Waals surface area contributed by atoms with Crippen molar-refractivity contribution in [1.82, 2.24) is 5.32 Å². The van der Waals surface area contributed by atoms with Gasteiger partial charge in [-0.05, 0) is 13.3 Å². The smallest absolute Gasteiger partial charge is 0.220 e. The first-order chi connectivity index (χ1) is 6.31. The summed E-state index contributed by atoms with van der Waals surface area (Å²) in [5.41, 5.74) is 0. The summed E-state index contributed by atoms with van der Waals surface area (Å²) in [4.78, 5) is 10.1. The van der Waals surface area contributed by atoms with Crippen LogP contribution < -0.4 is 5.32 Å². The molecule has 13 heavy (non-hydrogen) atoms. The summed E-state index contributed by atoms with van der Waals surface area (Å²) in [5, 5.41) is 2.68. The summed E-state index contributed by atoms with van der Waals surface area (Å²) < 4.78 is 0. The molecule has 0 spiro atoms. The van der Waals surface area contributed by atoms with Crippen LogP contribution in [0, 0.1) is 0 Å². The van der Waals surface area contributed by atoms with E-state index >= 15 is 0 Å². The molecule has 0 aromatic rings. The molecule has 2 nitrogen and oxygen atoms in total. The van der Waals surface area contributed by atoms with Crippen molar-refractivity contribution in [3.63, 3.8) is 0 Å². The van der Waals surface area contributed by atoms with Crippen molar-refractivity contribution in [1.29, 1.82) is 0 Å². The van der Waals surface area contributed by atoms with E-state index in [1.165, 1.54) is 0 Å². The van der Waals surface area contributed by atoms with E-state index < -0.39 is 0 Å². The van der Waals surface area contributed by atoms with Crippen molar-refractivity contribution in [3.8, 4) is 0 Å². The van der Waals surface area contributed by atoms with E-state index in [0.717, 1.165) is 19.4 Å². The van der Waals surface area contributed by atoms with E-state index in [4.69, 9.17) is 0 Å². The highest BCUT2D eigenvalue weighted by molar-refractivity contribution is 5.77. The maximum absolute atomic E-state index is 10.1. The highest BCUT2D eigenvalue weighted by Crippen LogP contribution is 1.93. The Kier molecular flexibility index (Phi) is 14.5. The van der Waals surface area contributed by atoms with Crippen LogP contribution >= 0.6 is 0 Å². The van der Waals surface area contributed by atoms with E-state index in [-0.39, 0.29) is 5.91 Å². The quantitative estimate of drug-likeness (QED) is 0.488. The Morgan fingerprint density at radius 2 is 2.08 bits per heavy atom. The van der Waals surface area contributed by atoms with Gasteiger partial charge >= 0.3 is 0 Å². The first-order valence-corrected chi connectivity index (χ1v) is 4.31. The lowest BCUT2D eigenvalue weighted by Gasteiger charge is -1.80. The van der Waals surface area contributed by atoms with Crippen LogP contribution in [0.2, 0.25) is 0 Å². The first kappa shape index (κ1) is 14.2. The van der Waals surface area contributed by atoms with Gasteiger partial charge in [0.05, 0.1) is 0 Å². The van der Waals surface area contributed by atoms with Crippen LogP contribution in [0.5, 0.6) is 0 Å². The number of rotatable bonds is 1. The molecular weight excluding hydrogens is 162 g/mol. The second-order valence-electron chi connectivity index (χ2n) is 2.21. The number of hydrogen-bond acceptors (Lipinski definition) is 1. The van der Waals surface area contributed by atoms with Crippen LogP contribution in [-0.4, -0.2) is 12.5 Å². The van der Waals surface area contributed by atoms with Gasteiger partial charge in [-0.1, -0.05) is 24.8 Å². The van der Waals surface area contributed by atoms with Crippen LogP contribution in [0.4, 0.5) is 0 Å². The van der Waals surface area contributed by atoms with Gasteiger partial charge in [0, 0.05) is 13.0 Å². The van der Waals surface area contributed by atoms with Crippen molar-refractivity contribution in [3.05, 3.63) is 38.0 Å². The molecule has 0 saturated carbocycles. The van der Waals surface area contributed by atoms with Crippen LogP contribution in [0.1, 0.15) is 19.8 Å². The summed E-state index contributed by atoms with van der Waals surface area (Å²) in [5.74, 6) is 0.204. The van der Waals surface area contributed by atoms with Gasteiger partial charge in [0.15, 0.2) is 0 Å². The van der Waals surface area contributed by atoms with E-state index in [1.807, 2.05) is 19.1 Å². The van der Waals surface area contributed by atoms with Crippen molar-refractivity contribution in [2.24, 2.45) is 0 Å². The Morgan fingerprint density at radius 3 is 2.15 bits per heavy atom. The van der Waals surface area contributed by atoms with E-state index in [2.05, 4.69) is 25.1 Å². The van der Waals surface area contributed by atoms with Gasteiger partial charge in [-0.15, -0.1) is 13.2 Å². The maximum Gasteiger partial charge on any atom is 0.220 e. The molecule has 0 aromatic carbocycles. The fourth-order valence-corrected chi connectivity index (χ4v) is 0.701. The molecule has 74 valence electrons. The molecule has 0 unspecified atom stereocenters. The van der Waals surface area contributed by atoms with Crippen molar-refractivity contribution in [2.45, 2.75) is 19.8 Å². The molecule has 1 saturated heterocycles. The van der Waals surface area contributed by atoms with Gasteiger partial charge in [0.25, 0.3) is 0 Å². The predicted molar refractivity (Wildman–Crippen MR) is 58.5 cm³/mol. The summed E-state index contributed by atoms with van der Waals surface area (Å²) in [7, 11) is 0. The third kappa shape index (κ3) is 13.7. The Hall–Kier alpha value is -1.31. The molecule has 0 aromatic heterocycles. The summed E-state index contributed by atoms with van der Waals surface area (Å²) in [6, 6.07) is 0. The zero-order chi connectivity index (χ0) is 10.5. The van der Waals surface area contributed by atoms with Crippen molar-refractivity contribution < 1.29 is 4.79 Å². The van der Waals surface area contributed by atoms with Crippen LogP contribution in [0.15, 0.2) is 38.0 Å².